The molecule has 0 amide bonds. The first-order chi connectivity index (χ1) is 6.66. The molecule has 0 aliphatic carbocycles. The average molecular weight is 212 g/mol. The topological polar surface area (TPSA) is 29.3 Å². The van der Waals surface area contributed by atoms with Crippen LogP contribution in [0.25, 0.3) is 0 Å². The number of rotatable bonds is 5. The van der Waals surface area contributed by atoms with Crippen LogP contribution in [0.2, 0.25) is 0 Å². The van der Waals surface area contributed by atoms with E-state index in [-0.39, 0.29) is 6.04 Å². The molecule has 0 fully saturated rings. The summed E-state index contributed by atoms with van der Waals surface area (Å²) in [5.41, 5.74) is 6.02. The fourth-order valence-corrected chi connectivity index (χ4v) is 2.83. The molecule has 1 heterocycles. The Morgan fingerprint density at radius 3 is 2.71 bits per heavy atom. The van der Waals surface area contributed by atoms with Crippen LogP contribution in [0, 0.1) is 0 Å². The third kappa shape index (κ3) is 2.80. The van der Waals surface area contributed by atoms with Gasteiger partial charge < -0.3 is 5.73 Å². The van der Waals surface area contributed by atoms with Crippen molar-refractivity contribution >= 4 is 11.3 Å². The zero-order valence-electron chi connectivity index (χ0n) is 9.23. The molecule has 1 aromatic heterocycles. The monoisotopic (exact) mass is 212 g/mol. The van der Waals surface area contributed by atoms with Gasteiger partial charge in [-0.05, 0) is 38.4 Å². The van der Waals surface area contributed by atoms with Crippen LogP contribution in [0.5, 0.6) is 0 Å². The Kier molecular flexibility index (Phi) is 4.58. The van der Waals surface area contributed by atoms with E-state index in [4.69, 9.17) is 5.73 Å². The predicted octanol–water partition coefficient (Wildman–Crippen LogP) is 2.48. The lowest BCUT2D eigenvalue weighted by Gasteiger charge is -2.29. The van der Waals surface area contributed by atoms with Gasteiger partial charge in [-0.25, -0.2) is 0 Å². The highest BCUT2D eigenvalue weighted by atomic mass is 32.1. The van der Waals surface area contributed by atoms with E-state index in [9.17, 15) is 0 Å². The molecule has 14 heavy (non-hydrogen) atoms. The molecule has 2 unspecified atom stereocenters. The van der Waals surface area contributed by atoms with E-state index in [1.54, 1.807) is 11.3 Å². The summed E-state index contributed by atoms with van der Waals surface area (Å²) in [6.45, 7) is 5.38. The Labute approximate surface area is 90.7 Å². The molecule has 2 atom stereocenters. The molecule has 0 saturated carbocycles. The van der Waals surface area contributed by atoms with Crippen molar-refractivity contribution in [2.24, 2.45) is 5.73 Å². The third-order valence-corrected chi connectivity index (χ3v) is 3.33. The van der Waals surface area contributed by atoms with Gasteiger partial charge in [0.15, 0.2) is 0 Å². The summed E-state index contributed by atoms with van der Waals surface area (Å²) >= 11 is 1.79. The van der Waals surface area contributed by atoms with Gasteiger partial charge >= 0.3 is 0 Å². The van der Waals surface area contributed by atoms with Crippen LogP contribution in [0.1, 0.15) is 31.2 Å². The molecule has 0 aliphatic heterocycles. The largest absolute Gasteiger partial charge is 0.326 e. The Bertz CT molecular complexity index is 244. The van der Waals surface area contributed by atoms with E-state index < -0.39 is 0 Å². The van der Waals surface area contributed by atoms with Crippen molar-refractivity contribution in [3.8, 4) is 0 Å². The summed E-state index contributed by atoms with van der Waals surface area (Å²) < 4.78 is 0. The molecule has 80 valence electrons. The first kappa shape index (κ1) is 11.7. The molecular weight excluding hydrogens is 192 g/mol. The molecule has 1 rings (SSSR count). The number of hydrogen-bond acceptors (Lipinski definition) is 3. The minimum atomic E-state index is 0.185. The van der Waals surface area contributed by atoms with E-state index in [1.165, 1.54) is 11.3 Å². The van der Waals surface area contributed by atoms with Crippen molar-refractivity contribution in [3.63, 3.8) is 0 Å². The Hall–Kier alpha value is -0.380. The summed E-state index contributed by atoms with van der Waals surface area (Å²) in [7, 11) is 2.15. The highest BCUT2D eigenvalue weighted by molar-refractivity contribution is 7.10. The lowest BCUT2D eigenvalue weighted by molar-refractivity contribution is 0.223. The van der Waals surface area contributed by atoms with Gasteiger partial charge in [0.1, 0.15) is 0 Å². The number of likely N-dealkylation sites (N-methyl/N-ethyl adjacent to an activating group) is 1. The molecule has 0 aliphatic rings. The van der Waals surface area contributed by atoms with E-state index in [2.05, 4.69) is 43.3 Å². The quantitative estimate of drug-likeness (QED) is 0.812. The van der Waals surface area contributed by atoms with Gasteiger partial charge in [-0.1, -0.05) is 13.0 Å². The number of nitrogens with zero attached hydrogens (tertiary/aromatic N) is 1. The number of thiophene rings is 1. The summed E-state index contributed by atoms with van der Waals surface area (Å²) in [5, 5.41) is 2.12. The predicted molar refractivity (Wildman–Crippen MR) is 63.6 cm³/mol. The lowest BCUT2D eigenvalue weighted by atomic mass is 10.1. The van der Waals surface area contributed by atoms with Crippen LogP contribution < -0.4 is 5.73 Å². The fraction of sp³-hybridized carbons (Fsp3) is 0.636. The molecule has 2 N–H and O–H groups in total. The van der Waals surface area contributed by atoms with Crippen molar-refractivity contribution < 1.29 is 0 Å². The van der Waals surface area contributed by atoms with Gasteiger partial charge in [-0.2, -0.15) is 0 Å². The summed E-state index contributed by atoms with van der Waals surface area (Å²) in [6, 6.07) is 4.82. The molecular formula is C11H20N2S. The Morgan fingerprint density at radius 2 is 2.29 bits per heavy atom. The standard InChI is InChI=1S/C11H20N2S/c1-4-7-13(3)11(9(2)12)10-6-5-8-14-10/h5-6,8-9,11H,4,7,12H2,1-3H3. The fourth-order valence-electron chi connectivity index (χ4n) is 1.83. The molecule has 3 heteroatoms. The van der Waals surface area contributed by atoms with Gasteiger partial charge in [-0.15, -0.1) is 11.3 Å². The van der Waals surface area contributed by atoms with Crippen molar-refractivity contribution in [2.75, 3.05) is 13.6 Å². The summed E-state index contributed by atoms with van der Waals surface area (Å²) in [6.07, 6.45) is 1.17. The average Bonchev–Trinajstić information content (AvgIpc) is 2.57. The maximum absolute atomic E-state index is 6.02. The third-order valence-electron chi connectivity index (χ3n) is 2.38. The Balaban J connectivity index is 2.74. The van der Waals surface area contributed by atoms with Crippen molar-refractivity contribution in [1.82, 2.24) is 4.90 Å². The summed E-state index contributed by atoms with van der Waals surface area (Å²) in [4.78, 5) is 3.72. The van der Waals surface area contributed by atoms with Crippen molar-refractivity contribution in [1.29, 1.82) is 0 Å². The number of hydrogen-bond donors (Lipinski definition) is 1. The van der Waals surface area contributed by atoms with Gasteiger partial charge in [0.05, 0.1) is 6.04 Å². The summed E-state index contributed by atoms with van der Waals surface area (Å²) in [5.74, 6) is 0. The minimum absolute atomic E-state index is 0.185. The first-order valence-corrected chi connectivity index (χ1v) is 6.04. The SMILES string of the molecule is CCCN(C)C(c1cccs1)C(C)N. The molecule has 0 radical (unpaired) electrons. The van der Waals surface area contributed by atoms with E-state index >= 15 is 0 Å². The Morgan fingerprint density at radius 1 is 1.57 bits per heavy atom. The molecule has 0 bridgehead atoms. The van der Waals surface area contributed by atoms with E-state index in [1.807, 2.05) is 0 Å². The highest BCUT2D eigenvalue weighted by Crippen LogP contribution is 2.26. The van der Waals surface area contributed by atoms with Gasteiger partial charge in [-0.3, -0.25) is 4.90 Å². The second-order valence-corrected chi connectivity index (χ2v) is 4.78. The molecule has 0 saturated heterocycles. The lowest BCUT2D eigenvalue weighted by Crippen LogP contribution is -2.37. The molecule has 1 aromatic rings. The van der Waals surface area contributed by atoms with Crippen LogP contribution >= 0.6 is 11.3 Å². The minimum Gasteiger partial charge on any atom is -0.326 e. The van der Waals surface area contributed by atoms with E-state index in [0.717, 1.165) is 6.54 Å². The maximum atomic E-state index is 6.02. The zero-order chi connectivity index (χ0) is 10.6. The molecule has 0 spiro atoms. The second-order valence-electron chi connectivity index (χ2n) is 3.80. The first-order valence-electron chi connectivity index (χ1n) is 5.16. The van der Waals surface area contributed by atoms with Gasteiger partial charge in [0, 0.05) is 10.9 Å². The van der Waals surface area contributed by atoms with Crippen LogP contribution in [0.15, 0.2) is 17.5 Å². The van der Waals surface area contributed by atoms with Gasteiger partial charge in [0.25, 0.3) is 0 Å². The van der Waals surface area contributed by atoms with Crippen LogP contribution in [0.3, 0.4) is 0 Å². The molecule has 0 aromatic carbocycles. The second kappa shape index (κ2) is 5.49. The highest BCUT2D eigenvalue weighted by Gasteiger charge is 2.20. The van der Waals surface area contributed by atoms with E-state index in [0.29, 0.717) is 6.04 Å². The normalized spacial score (nSPS) is 15.8. The maximum Gasteiger partial charge on any atom is 0.0588 e. The van der Waals surface area contributed by atoms with Gasteiger partial charge in [0.2, 0.25) is 0 Å². The van der Waals surface area contributed by atoms with Crippen LogP contribution in [-0.2, 0) is 0 Å². The van der Waals surface area contributed by atoms with Crippen LogP contribution in [0.4, 0.5) is 0 Å². The number of nitrogens with two attached hydrogens (primary N) is 1. The van der Waals surface area contributed by atoms with Crippen molar-refractivity contribution in [2.45, 2.75) is 32.4 Å². The van der Waals surface area contributed by atoms with Crippen LogP contribution in [-0.4, -0.2) is 24.5 Å². The van der Waals surface area contributed by atoms with Crippen molar-refractivity contribution in [3.05, 3.63) is 22.4 Å². The smallest absolute Gasteiger partial charge is 0.0588 e. The molecule has 2 nitrogen and oxygen atoms in total. The zero-order valence-corrected chi connectivity index (χ0v) is 10.1.